The second-order valence-electron chi connectivity index (χ2n) is 5.63. The number of halogens is 1. The summed E-state index contributed by atoms with van der Waals surface area (Å²) < 4.78 is 0. The van der Waals surface area contributed by atoms with Crippen LogP contribution in [0, 0.1) is 12.5 Å². The van der Waals surface area contributed by atoms with Gasteiger partial charge in [-0.2, -0.15) is 0 Å². The van der Waals surface area contributed by atoms with Crippen LogP contribution in [0.4, 0.5) is 5.69 Å². The van der Waals surface area contributed by atoms with Crippen molar-refractivity contribution in [2.24, 2.45) is 5.92 Å². The lowest BCUT2D eigenvalue weighted by molar-refractivity contribution is 0.556. The van der Waals surface area contributed by atoms with Crippen LogP contribution in [-0.4, -0.2) is 0 Å². The Morgan fingerprint density at radius 1 is 1.19 bits per heavy atom. The fraction of sp³-hybridized carbons (Fsp3) is 0.278. The van der Waals surface area contributed by atoms with Gasteiger partial charge in [0.2, 0.25) is 0 Å². The molecule has 106 valence electrons. The molecule has 0 aromatic heterocycles. The van der Waals surface area contributed by atoms with Gasteiger partial charge in [0, 0.05) is 16.6 Å². The smallest absolute Gasteiger partial charge is 0.191 e. The fourth-order valence-electron chi connectivity index (χ4n) is 3.10. The molecule has 0 saturated heterocycles. The maximum Gasteiger partial charge on any atom is 0.191 e. The van der Waals surface area contributed by atoms with Crippen molar-refractivity contribution in [3.63, 3.8) is 0 Å². The number of fused-ring (bicyclic) bond motifs is 2. The Morgan fingerprint density at radius 3 is 2.62 bits per heavy atom. The summed E-state index contributed by atoms with van der Waals surface area (Å²) in [5.74, 6) is 1.57. The van der Waals surface area contributed by atoms with E-state index in [0.29, 0.717) is 11.8 Å². The maximum absolute atomic E-state index is 7.42. The minimum absolute atomic E-state index is 0.297. The van der Waals surface area contributed by atoms with Crippen molar-refractivity contribution in [2.45, 2.75) is 30.4 Å². The van der Waals surface area contributed by atoms with Crippen molar-refractivity contribution >= 4 is 29.1 Å². The lowest BCUT2D eigenvalue weighted by Gasteiger charge is -2.24. The van der Waals surface area contributed by atoms with Crippen LogP contribution < -0.4 is 0 Å². The number of hydrogen-bond acceptors (Lipinski definition) is 1. The SMILES string of the molecule is [C-]#[N+]c1cccc2c1CSc1c(Cl)cccc1C2C(C)C. The van der Waals surface area contributed by atoms with Crippen LogP contribution in [0.25, 0.3) is 4.85 Å². The highest BCUT2D eigenvalue weighted by atomic mass is 35.5. The molecule has 21 heavy (non-hydrogen) atoms. The number of nitrogens with zero attached hydrogens (tertiary/aromatic N) is 1. The van der Waals surface area contributed by atoms with E-state index in [1.165, 1.54) is 21.6 Å². The van der Waals surface area contributed by atoms with Gasteiger partial charge in [0.25, 0.3) is 0 Å². The summed E-state index contributed by atoms with van der Waals surface area (Å²) in [7, 11) is 0. The topological polar surface area (TPSA) is 4.36 Å². The third-order valence-electron chi connectivity index (χ3n) is 4.00. The van der Waals surface area contributed by atoms with Crippen LogP contribution in [0.1, 0.15) is 36.5 Å². The number of rotatable bonds is 1. The van der Waals surface area contributed by atoms with E-state index in [0.717, 1.165) is 16.5 Å². The van der Waals surface area contributed by atoms with Gasteiger partial charge in [0.1, 0.15) is 0 Å². The molecule has 0 amide bonds. The Bertz CT molecular complexity index is 730. The standard InChI is InChI=1S/C18H16ClNS/c1-11(2)17-12-6-5-9-16(20-3)14(12)10-21-18-13(17)7-4-8-15(18)19/h4-9,11,17H,10H2,1-2H3. The van der Waals surface area contributed by atoms with E-state index in [-0.39, 0.29) is 0 Å². The van der Waals surface area contributed by atoms with Crippen molar-refractivity contribution < 1.29 is 0 Å². The van der Waals surface area contributed by atoms with Gasteiger partial charge in [0.05, 0.1) is 11.6 Å². The highest BCUT2D eigenvalue weighted by Gasteiger charge is 2.28. The molecule has 1 heterocycles. The summed E-state index contributed by atoms with van der Waals surface area (Å²) in [5, 5.41) is 0.820. The van der Waals surface area contributed by atoms with Crippen molar-refractivity contribution in [3.8, 4) is 0 Å². The maximum atomic E-state index is 7.42. The van der Waals surface area contributed by atoms with Crippen LogP contribution in [0.3, 0.4) is 0 Å². The summed E-state index contributed by atoms with van der Waals surface area (Å²) in [6.07, 6.45) is 0. The van der Waals surface area contributed by atoms with Crippen LogP contribution in [0.15, 0.2) is 41.3 Å². The van der Waals surface area contributed by atoms with Crippen molar-refractivity contribution in [1.82, 2.24) is 0 Å². The predicted octanol–water partition coefficient (Wildman–Crippen LogP) is 6.28. The van der Waals surface area contributed by atoms with Gasteiger partial charge >= 0.3 is 0 Å². The summed E-state index contributed by atoms with van der Waals surface area (Å²) in [6, 6.07) is 12.3. The molecule has 0 spiro atoms. The molecule has 0 radical (unpaired) electrons. The minimum Gasteiger partial charge on any atom is -0.238 e. The molecule has 0 fully saturated rings. The molecule has 2 aromatic rings. The van der Waals surface area contributed by atoms with Crippen molar-refractivity contribution in [2.75, 3.05) is 0 Å². The highest BCUT2D eigenvalue weighted by molar-refractivity contribution is 7.98. The number of hydrogen-bond donors (Lipinski definition) is 0. The normalized spacial score (nSPS) is 16.8. The van der Waals surface area contributed by atoms with Crippen LogP contribution in [-0.2, 0) is 5.75 Å². The van der Waals surface area contributed by atoms with E-state index >= 15 is 0 Å². The van der Waals surface area contributed by atoms with Crippen molar-refractivity contribution in [3.05, 3.63) is 69.5 Å². The van der Waals surface area contributed by atoms with Gasteiger partial charge in [-0.1, -0.05) is 55.8 Å². The lowest BCUT2D eigenvalue weighted by atomic mass is 9.80. The Hall–Kier alpha value is -1.43. The van der Waals surface area contributed by atoms with Crippen LogP contribution >= 0.6 is 23.4 Å². The van der Waals surface area contributed by atoms with E-state index in [1.807, 2.05) is 24.3 Å². The predicted molar refractivity (Wildman–Crippen MR) is 90.4 cm³/mol. The Kier molecular flexibility index (Phi) is 3.97. The average molecular weight is 314 g/mol. The van der Waals surface area contributed by atoms with E-state index in [2.05, 4.69) is 30.8 Å². The van der Waals surface area contributed by atoms with Gasteiger partial charge in [-0.15, -0.1) is 11.8 Å². The Labute approximate surface area is 135 Å². The number of benzene rings is 2. The van der Waals surface area contributed by atoms with Gasteiger partial charge in [0.15, 0.2) is 5.69 Å². The number of thioether (sulfide) groups is 1. The molecule has 1 nitrogen and oxygen atoms in total. The first-order chi connectivity index (χ1) is 10.1. The van der Waals surface area contributed by atoms with Gasteiger partial charge in [-0.05, 0) is 28.7 Å². The molecule has 1 atom stereocenters. The molecular formula is C18H16ClNS. The largest absolute Gasteiger partial charge is 0.238 e. The summed E-state index contributed by atoms with van der Waals surface area (Å²) in [6.45, 7) is 11.9. The molecule has 1 unspecified atom stereocenters. The molecule has 0 aliphatic carbocycles. The third kappa shape index (κ3) is 2.46. The summed E-state index contributed by atoms with van der Waals surface area (Å²) in [5.41, 5.74) is 4.52. The van der Waals surface area contributed by atoms with Gasteiger partial charge in [-0.3, -0.25) is 0 Å². The molecule has 1 aliphatic heterocycles. The molecule has 0 saturated carbocycles. The lowest BCUT2D eigenvalue weighted by Crippen LogP contribution is -2.10. The zero-order valence-electron chi connectivity index (χ0n) is 12.1. The monoisotopic (exact) mass is 313 g/mol. The molecular weight excluding hydrogens is 298 g/mol. The molecule has 0 N–H and O–H groups in total. The minimum atomic E-state index is 0.297. The summed E-state index contributed by atoms with van der Waals surface area (Å²) in [4.78, 5) is 4.88. The first-order valence-corrected chi connectivity index (χ1v) is 8.40. The molecule has 2 aromatic carbocycles. The zero-order valence-corrected chi connectivity index (χ0v) is 13.6. The average Bonchev–Trinajstić information content (AvgIpc) is 2.64. The Morgan fingerprint density at radius 2 is 1.90 bits per heavy atom. The van der Waals surface area contributed by atoms with E-state index in [9.17, 15) is 0 Å². The van der Waals surface area contributed by atoms with Crippen LogP contribution in [0.5, 0.6) is 0 Å². The molecule has 1 aliphatic rings. The first kappa shape index (κ1) is 14.5. The van der Waals surface area contributed by atoms with E-state index < -0.39 is 0 Å². The molecule has 3 heteroatoms. The third-order valence-corrected chi connectivity index (χ3v) is 5.61. The van der Waals surface area contributed by atoms with Crippen molar-refractivity contribution in [1.29, 1.82) is 0 Å². The first-order valence-electron chi connectivity index (χ1n) is 7.04. The zero-order chi connectivity index (χ0) is 15.0. The molecule has 3 rings (SSSR count). The Balaban J connectivity index is 2.28. The van der Waals surface area contributed by atoms with E-state index in [4.69, 9.17) is 18.2 Å². The van der Waals surface area contributed by atoms with Crippen LogP contribution in [0.2, 0.25) is 5.02 Å². The van der Waals surface area contributed by atoms with E-state index in [1.54, 1.807) is 11.8 Å². The molecule has 0 bridgehead atoms. The quantitative estimate of drug-likeness (QED) is 0.560. The second-order valence-corrected chi connectivity index (χ2v) is 7.02. The van der Waals surface area contributed by atoms with Gasteiger partial charge < -0.3 is 0 Å². The fourth-order valence-corrected chi connectivity index (χ4v) is 4.61. The van der Waals surface area contributed by atoms with Gasteiger partial charge in [-0.25, -0.2) is 4.85 Å². The summed E-state index contributed by atoms with van der Waals surface area (Å²) >= 11 is 8.17. The second kappa shape index (κ2) is 5.75. The highest BCUT2D eigenvalue weighted by Crippen LogP contribution is 2.48.